The summed E-state index contributed by atoms with van der Waals surface area (Å²) in [5.74, 6) is -1.80. The van der Waals surface area contributed by atoms with E-state index in [1.54, 1.807) is 36.2 Å². The zero-order chi connectivity index (χ0) is 27.3. The summed E-state index contributed by atoms with van der Waals surface area (Å²) in [5.41, 5.74) is 1.94. The van der Waals surface area contributed by atoms with E-state index in [4.69, 9.17) is 0 Å². The predicted molar refractivity (Wildman–Crippen MR) is 135 cm³/mol. The van der Waals surface area contributed by atoms with Crippen LogP contribution in [0.3, 0.4) is 0 Å². The van der Waals surface area contributed by atoms with Crippen LogP contribution in [0.5, 0.6) is 0 Å². The molecule has 1 aliphatic heterocycles. The van der Waals surface area contributed by atoms with Crippen LogP contribution in [-0.4, -0.2) is 30.4 Å². The molecule has 0 fully saturated rings. The number of hydrogen-bond acceptors (Lipinski definition) is 6. The SMILES string of the molecule is CN(C)c1ccnc(-c2[c-]cc(F)nc2F)c1.FC(F)(F)c1c[c-]c(N2[CH-]N(c3ccccc3)C=N2)cc1.[Ir+3]. The summed E-state index contributed by atoms with van der Waals surface area (Å²) in [6, 6.07) is 22.3. The van der Waals surface area contributed by atoms with Gasteiger partial charge in [-0.2, -0.15) is 36.5 Å². The number of anilines is 3. The Hall–Kier alpha value is -3.89. The Bertz CT molecular complexity index is 1400. The number of halogens is 5. The third-order valence-electron chi connectivity index (χ3n) is 5.22. The van der Waals surface area contributed by atoms with Gasteiger partial charge in [0, 0.05) is 31.7 Å². The Balaban J connectivity index is 0.000000215. The summed E-state index contributed by atoms with van der Waals surface area (Å²) >= 11 is 0. The summed E-state index contributed by atoms with van der Waals surface area (Å²) in [6.45, 7) is 1.68. The first-order chi connectivity index (χ1) is 18.1. The standard InChI is InChI=1S/C15H10F3N3.C12H10F2N3.Ir/c16-15(17,18)12-6-8-14(9-7-12)21-11-20(10-19-21)13-4-2-1-3-5-13;1-17(2)8-5-6-15-10(7-8)9-3-4-11(13)16-12(9)14;/h1-8,10-11H;4-7H,1-2H3;/q-2;-1;+3. The van der Waals surface area contributed by atoms with Crippen molar-refractivity contribution in [2.24, 2.45) is 5.10 Å². The molecule has 3 heterocycles. The second-order valence-electron chi connectivity index (χ2n) is 8.08. The molecule has 0 amide bonds. The maximum atomic E-state index is 13.4. The van der Waals surface area contributed by atoms with E-state index >= 15 is 0 Å². The molecule has 12 heteroatoms. The Kier molecular flexibility index (Phi) is 9.71. The van der Waals surface area contributed by atoms with Gasteiger partial charge >= 0.3 is 26.3 Å². The van der Waals surface area contributed by atoms with Gasteiger partial charge in [-0.05, 0) is 23.9 Å². The molecule has 0 saturated carbocycles. The fourth-order valence-electron chi connectivity index (χ4n) is 3.27. The van der Waals surface area contributed by atoms with Gasteiger partial charge in [0.05, 0.1) is 6.34 Å². The molecular weight excluding hydrogens is 696 g/mol. The quantitative estimate of drug-likeness (QED) is 0.144. The minimum Gasteiger partial charge on any atom is -0.463 e. The molecule has 39 heavy (non-hydrogen) atoms. The van der Waals surface area contributed by atoms with Crippen LogP contribution in [0.25, 0.3) is 11.3 Å². The number of hydrazone groups is 1. The molecule has 1 aliphatic rings. The van der Waals surface area contributed by atoms with Crippen molar-refractivity contribution in [2.45, 2.75) is 6.18 Å². The average molecular weight is 716 g/mol. The van der Waals surface area contributed by atoms with Gasteiger partial charge in [-0.1, -0.05) is 47.1 Å². The van der Waals surface area contributed by atoms with Crippen molar-refractivity contribution in [3.05, 3.63) is 109 Å². The molecule has 0 unspecified atom stereocenters. The average Bonchev–Trinajstić information content (AvgIpc) is 3.40. The first-order valence-electron chi connectivity index (χ1n) is 11.1. The fraction of sp³-hybridized carbons (Fsp3) is 0.111. The van der Waals surface area contributed by atoms with Crippen molar-refractivity contribution in [1.82, 2.24) is 9.97 Å². The van der Waals surface area contributed by atoms with Crippen molar-refractivity contribution in [2.75, 3.05) is 28.9 Å². The van der Waals surface area contributed by atoms with Crippen molar-refractivity contribution in [1.29, 1.82) is 0 Å². The van der Waals surface area contributed by atoms with Gasteiger partial charge in [-0.15, -0.1) is 18.8 Å². The van der Waals surface area contributed by atoms with Crippen LogP contribution in [0.1, 0.15) is 5.56 Å². The molecule has 0 N–H and O–H groups in total. The van der Waals surface area contributed by atoms with Crippen molar-refractivity contribution in [3.8, 4) is 11.3 Å². The van der Waals surface area contributed by atoms with Gasteiger partial charge in [0.2, 0.25) is 0 Å². The molecule has 0 atom stereocenters. The van der Waals surface area contributed by atoms with E-state index in [1.165, 1.54) is 11.1 Å². The van der Waals surface area contributed by atoms with Crippen molar-refractivity contribution >= 4 is 23.4 Å². The van der Waals surface area contributed by atoms with Crippen LogP contribution in [-0.2, 0) is 26.3 Å². The monoisotopic (exact) mass is 716 g/mol. The van der Waals surface area contributed by atoms with Crippen LogP contribution < -0.4 is 14.8 Å². The summed E-state index contributed by atoms with van der Waals surface area (Å²) in [4.78, 5) is 10.8. The summed E-state index contributed by atoms with van der Waals surface area (Å²) < 4.78 is 63.6. The number of aromatic nitrogens is 2. The van der Waals surface area contributed by atoms with Crippen LogP contribution in [0.15, 0.2) is 78.0 Å². The van der Waals surface area contributed by atoms with Gasteiger partial charge in [0.15, 0.2) is 0 Å². The van der Waals surface area contributed by atoms with E-state index < -0.39 is 23.6 Å². The van der Waals surface area contributed by atoms with E-state index in [9.17, 15) is 22.0 Å². The number of benzene rings is 2. The first-order valence-corrected chi connectivity index (χ1v) is 11.1. The van der Waals surface area contributed by atoms with Gasteiger partial charge in [0.25, 0.3) is 0 Å². The molecule has 0 radical (unpaired) electrons. The molecule has 0 aliphatic carbocycles. The summed E-state index contributed by atoms with van der Waals surface area (Å²) in [7, 11) is 3.73. The predicted octanol–water partition coefficient (Wildman–Crippen LogP) is 6.18. The van der Waals surface area contributed by atoms with Crippen LogP contribution in [0.4, 0.5) is 39.0 Å². The minimum atomic E-state index is -4.36. The van der Waals surface area contributed by atoms with E-state index in [1.807, 2.05) is 49.3 Å². The first kappa shape index (κ1) is 29.7. The van der Waals surface area contributed by atoms with Gasteiger partial charge in [-0.25, -0.2) is 8.78 Å². The molecule has 4 aromatic rings. The Morgan fingerprint density at radius 3 is 2.31 bits per heavy atom. The zero-order valence-corrected chi connectivity index (χ0v) is 22.9. The Morgan fingerprint density at radius 1 is 0.949 bits per heavy atom. The number of pyridine rings is 2. The molecule has 2 aromatic heterocycles. The molecule has 0 saturated heterocycles. The number of nitrogens with zero attached hydrogens (tertiary/aromatic N) is 6. The zero-order valence-electron chi connectivity index (χ0n) is 20.5. The molecule has 5 rings (SSSR count). The molecule has 202 valence electrons. The largest absolute Gasteiger partial charge is 3.00 e. The van der Waals surface area contributed by atoms with Gasteiger partial charge in [-0.3, -0.25) is 4.98 Å². The number of rotatable bonds is 4. The third kappa shape index (κ3) is 7.58. The topological polar surface area (TPSA) is 47.9 Å². The molecule has 2 aromatic carbocycles. The van der Waals surface area contributed by atoms with E-state index in [-0.39, 0.29) is 25.7 Å². The molecule has 0 spiro atoms. The number of hydrogen-bond donors (Lipinski definition) is 0. The van der Waals surface area contributed by atoms with Gasteiger partial charge in [0.1, 0.15) is 11.9 Å². The second kappa shape index (κ2) is 12.8. The summed E-state index contributed by atoms with van der Waals surface area (Å²) in [6.07, 6.45) is -1.22. The fourth-order valence-corrected chi connectivity index (χ4v) is 3.27. The Labute approximate surface area is 235 Å². The molecule has 6 nitrogen and oxygen atoms in total. The van der Waals surface area contributed by atoms with Crippen LogP contribution >= 0.6 is 0 Å². The minimum absolute atomic E-state index is 0. The van der Waals surface area contributed by atoms with Crippen molar-refractivity contribution in [3.63, 3.8) is 0 Å². The second-order valence-corrected chi connectivity index (χ2v) is 8.08. The number of alkyl halides is 3. The van der Waals surface area contributed by atoms with Crippen LogP contribution in [0.2, 0.25) is 0 Å². The van der Waals surface area contributed by atoms with Gasteiger partial charge < -0.3 is 19.8 Å². The smallest absolute Gasteiger partial charge is 0.463 e. The maximum absolute atomic E-state index is 13.4. The molecular formula is C27H20F5IrN6. The van der Waals surface area contributed by atoms with E-state index in [0.29, 0.717) is 11.4 Å². The third-order valence-corrected chi connectivity index (χ3v) is 5.22. The normalized spacial score (nSPS) is 12.5. The number of para-hydroxylation sites is 1. The maximum Gasteiger partial charge on any atom is 3.00 e. The van der Waals surface area contributed by atoms with Crippen molar-refractivity contribution < 1.29 is 42.1 Å². The summed E-state index contributed by atoms with van der Waals surface area (Å²) in [5, 5.41) is 5.59. The molecule has 0 bridgehead atoms. The van der Waals surface area contributed by atoms with Crippen LogP contribution in [0, 0.1) is 30.7 Å². The van der Waals surface area contributed by atoms with E-state index in [0.717, 1.165) is 29.6 Å². The van der Waals surface area contributed by atoms with E-state index in [2.05, 4.69) is 27.2 Å². The Morgan fingerprint density at radius 2 is 1.69 bits per heavy atom.